The molecule has 1 aliphatic heterocycles. The highest BCUT2D eigenvalue weighted by molar-refractivity contribution is 5.94. The first-order valence-corrected chi connectivity index (χ1v) is 7.50. The number of aryl methyl sites for hydroxylation is 1. The highest BCUT2D eigenvalue weighted by Gasteiger charge is 2.22. The number of hydrogen-bond acceptors (Lipinski definition) is 2. The van der Waals surface area contributed by atoms with E-state index in [0.717, 1.165) is 13.1 Å². The van der Waals surface area contributed by atoms with E-state index < -0.39 is 0 Å². The van der Waals surface area contributed by atoms with Gasteiger partial charge in [0.05, 0.1) is 0 Å². The van der Waals surface area contributed by atoms with E-state index >= 15 is 0 Å². The fraction of sp³-hybridized carbons (Fsp3) is 0.278. The summed E-state index contributed by atoms with van der Waals surface area (Å²) in [5.41, 5.74) is 2.98. The molecule has 0 aromatic heterocycles. The zero-order valence-electron chi connectivity index (χ0n) is 12.6. The van der Waals surface area contributed by atoms with E-state index in [1.807, 2.05) is 4.90 Å². The van der Waals surface area contributed by atoms with Crippen LogP contribution in [0.4, 0.5) is 10.1 Å². The number of carbonyl (C=O) groups excluding carboxylic acids is 1. The molecule has 0 aliphatic carbocycles. The molecule has 2 aromatic rings. The number of halogens is 1. The van der Waals surface area contributed by atoms with Gasteiger partial charge in [-0.15, -0.1) is 0 Å². The maximum absolute atomic E-state index is 12.9. The normalized spacial score (nSPS) is 15.0. The van der Waals surface area contributed by atoms with Crippen LogP contribution in [-0.4, -0.2) is 37.0 Å². The summed E-state index contributed by atoms with van der Waals surface area (Å²) in [4.78, 5) is 16.5. The summed E-state index contributed by atoms with van der Waals surface area (Å²) in [5.74, 6) is -0.343. The van der Waals surface area contributed by atoms with Crippen molar-refractivity contribution in [3.63, 3.8) is 0 Å². The highest BCUT2D eigenvalue weighted by atomic mass is 19.1. The summed E-state index contributed by atoms with van der Waals surface area (Å²) in [6.07, 6.45) is 0. The molecule has 1 amide bonds. The van der Waals surface area contributed by atoms with Gasteiger partial charge in [0, 0.05) is 37.4 Å². The van der Waals surface area contributed by atoms with Crippen LogP contribution < -0.4 is 4.90 Å². The first kappa shape index (κ1) is 14.6. The van der Waals surface area contributed by atoms with Gasteiger partial charge in [0.1, 0.15) is 5.82 Å². The van der Waals surface area contributed by atoms with Crippen LogP contribution in [0, 0.1) is 12.7 Å². The second-order valence-corrected chi connectivity index (χ2v) is 5.62. The average Bonchev–Trinajstić information content (AvgIpc) is 2.56. The largest absolute Gasteiger partial charge is 0.368 e. The quantitative estimate of drug-likeness (QED) is 0.850. The third kappa shape index (κ3) is 3.11. The van der Waals surface area contributed by atoms with E-state index in [1.54, 1.807) is 12.1 Å². The minimum atomic E-state index is -0.319. The second kappa shape index (κ2) is 6.18. The Bertz CT molecular complexity index is 644. The van der Waals surface area contributed by atoms with E-state index in [-0.39, 0.29) is 11.7 Å². The molecule has 0 atom stereocenters. The second-order valence-electron chi connectivity index (χ2n) is 5.62. The molecule has 1 heterocycles. The average molecular weight is 298 g/mol. The SMILES string of the molecule is Cc1ccc(N2CCN(C(=O)c3ccc(F)cc3)CC2)cc1. The Kier molecular flexibility index (Phi) is 4.09. The zero-order chi connectivity index (χ0) is 15.5. The van der Waals surface area contributed by atoms with E-state index in [9.17, 15) is 9.18 Å². The molecule has 0 unspecified atom stereocenters. The fourth-order valence-electron chi connectivity index (χ4n) is 2.70. The highest BCUT2D eigenvalue weighted by Crippen LogP contribution is 2.18. The third-order valence-corrected chi connectivity index (χ3v) is 4.06. The van der Waals surface area contributed by atoms with Crippen molar-refractivity contribution in [3.05, 3.63) is 65.5 Å². The summed E-state index contributed by atoms with van der Waals surface area (Å²) in [5, 5.41) is 0. The maximum atomic E-state index is 12.9. The van der Waals surface area contributed by atoms with Crippen molar-refractivity contribution in [3.8, 4) is 0 Å². The van der Waals surface area contributed by atoms with Crippen LogP contribution in [0.1, 0.15) is 15.9 Å². The van der Waals surface area contributed by atoms with Crippen molar-refractivity contribution in [1.29, 1.82) is 0 Å². The fourth-order valence-corrected chi connectivity index (χ4v) is 2.70. The van der Waals surface area contributed by atoms with Crippen molar-refractivity contribution in [2.45, 2.75) is 6.92 Å². The Morgan fingerprint density at radius 1 is 0.909 bits per heavy atom. The maximum Gasteiger partial charge on any atom is 0.253 e. The third-order valence-electron chi connectivity index (χ3n) is 4.06. The lowest BCUT2D eigenvalue weighted by Crippen LogP contribution is -2.48. The summed E-state index contributed by atoms with van der Waals surface area (Å²) in [6.45, 7) is 5.07. The minimum Gasteiger partial charge on any atom is -0.368 e. The van der Waals surface area contributed by atoms with Crippen molar-refractivity contribution in [1.82, 2.24) is 4.90 Å². The number of hydrogen-bond donors (Lipinski definition) is 0. The summed E-state index contributed by atoms with van der Waals surface area (Å²) in [6, 6.07) is 14.2. The smallest absolute Gasteiger partial charge is 0.253 e. The van der Waals surface area contributed by atoms with Crippen molar-refractivity contribution >= 4 is 11.6 Å². The number of anilines is 1. The van der Waals surface area contributed by atoms with Crippen molar-refractivity contribution < 1.29 is 9.18 Å². The summed E-state index contributed by atoms with van der Waals surface area (Å²) in [7, 11) is 0. The molecule has 114 valence electrons. The first-order valence-electron chi connectivity index (χ1n) is 7.50. The summed E-state index contributed by atoms with van der Waals surface area (Å²) >= 11 is 0. The van der Waals surface area contributed by atoms with Crippen molar-refractivity contribution in [2.24, 2.45) is 0 Å². The monoisotopic (exact) mass is 298 g/mol. The van der Waals surface area contributed by atoms with Gasteiger partial charge in [0.25, 0.3) is 5.91 Å². The molecule has 1 aliphatic rings. The van der Waals surface area contributed by atoms with Gasteiger partial charge in [0.2, 0.25) is 0 Å². The van der Waals surface area contributed by atoms with Gasteiger partial charge in [-0.3, -0.25) is 4.79 Å². The van der Waals surface area contributed by atoms with E-state index in [1.165, 1.54) is 23.4 Å². The van der Waals surface area contributed by atoms with Gasteiger partial charge in [-0.25, -0.2) is 4.39 Å². The summed E-state index contributed by atoms with van der Waals surface area (Å²) < 4.78 is 12.9. The minimum absolute atomic E-state index is 0.0245. The lowest BCUT2D eigenvalue weighted by molar-refractivity contribution is 0.0746. The zero-order valence-corrected chi connectivity index (χ0v) is 12.6. The van der Waals surface area contributed by atoms with E-state index in [0.29, 0.717) is 18.7 Å². The molecule has 0 spiro atoms. The van der Waals surface area contributed by atoms with Gasteiger partial charge in [-0.05, 0) is 43.3 Å². The van der Waals surface area contributed by atoms with Gasteiger partial charge in [0.15, 0.2) is 0 Å². The topological polar surface area (TPSA) is 23.6 Å². The molecule has 3 rings (SSSR count). The Morgan fingerprint density at radius 3 is 2.09 bits per heavy atom. The van der Waals surface area contributed by atoms with Crippen LogP contribution in [-0.2, 0) is 0 Å². The molecule has 0 bridgehead atoms. The van der Waals surface area contributed by atoms with Crippen LogP contribution in [0.15, 0.2) is 48.5 Å². The van der Waals surface area contributed by atoms with Crippen LogP contribution in [0.5, 0.6) is 0 Å². The predicted molar refractivity (Wildman–Crippen MR) is 85.7 cm³/mol. The van der Waals surface area contributed by atoms with Crippen LogP contribution in [0.2, 0.25) is 0 Å². The van der Waals surface area contributed by atoms with Crippen LogP contribution in [0.3, 0.4) is 0 Å². The number of rotatable bonds is 2. The van der Waals surface area contributed by atoms with Crippen LogP contribution >= 0.6 is 0 Å². The molecule has 1 fully saturated rings. The molecule has 1 saturated heterocycles. The van der Waals surface area contributed by atoms with Gasteiger partial charge < -0.3 is 9.80 Å². The number of amides is 1. The number of nitrogens with zero attached hydrogens (tertiary/aromatic N) is 2. The van der Waals surface area contributed by atoms with E-state index in [4.69, 9.17) is 0 Å². The Morgan fingerprint density at radius 2 is 1.50 bits per heavy atom. The molecule has 2 aromatic carbocycles. The number of benzene rings is 2. The predicted octanol–water partition coefficient (Wildman–Crippen LogP) is 3.10. The molecule has 22 heavy (non-hydrogen) atoms. The molecular formula is C18H19FN2O. The number of piperazine rings is 1. The Hall–Kier alpha value is -2.36. The molecule has 0 saturated carbocycles. The Balaban J connectivity index is 1.62. The van der Waals surface area contributed by atoms with E-state index in [2.05, 4.69) is 36.1 Å². The van der Waals surface area contributed by atoms with Crippen LogP contribution in [0.25, 0.3) is 0 Å². The number of carbonyl (C=O) groups is 1. The molecule has 0 radical (unpaired) electrons. The standard InChI is InChI=1S/C18H19FN2O/c1-14-2-8-17(9-3-14)20-10-12-21(13-11-20)18(22)15-4-6-16(19)7-5-15/h2-9H,10-13H2,1H3. The lowest BCUT2D eigenvalue weighted by Gasteiger charge is -2.36. The molecular weight excluding hydrogens is 279 g/mol. The van der Waals surface area contributed by atoms with Gasteiger partial charge in [-0.1, -0.05) is 17.7 Å². The van der Waals surface area contributed by atoms with Crippen molar-refractivity contribution in [2.75, 3.05) is 31.1 Å². The Labute approximate surface area is 130 Å². The van der Waals surface area contributed by atoms with Gasteiger partial charge >= 0.3 is 0 Å². The van der Waals surface area contributed by atoms with Gasteiger partial charge in [-0.2, -0.15) is 0 Å². The lowest BCUT2D eigenvalue weighted by atomic mass is 10.1. The molecule has 4 heteroatoms. The first-order chi connectivity index (χ1) is 10.6. The molecule has 0 N–H and O–H groups in total. The molecule has 3 nitrogen and oxygen atoms in total.